The van der Waals surface area contributed by atoms with Crippen LogP contribution in [0, 0.1) is 17.0 Å². The van der Waals surface area contributed by atoms with Crippen LogP contribution in [0.2, 0.25) is 0 Å². The van der Waals surface area contributed by atoms with E-state index in [1.165, 1.54) is 6.07 Å². The fraction of sp³-hybridized carbons (Fsp3) is 0.250. The van der Waals surface area contributed by atoms with Gasteiger partial charge in [-0.25, -0.2) is 0 Å². The maximum atomic E-state index is 11.0. The highest BCUT2D eigenvalue weighted by Gasteiger charge is 2.14. The smallest absolute Gasteiger partial charge is 0.276 e. The summed E-state index contributed by atoms with van der Waals surface area (Å²) in [6.45, 7) is 3.66. The van der Waals surface area contributed by atoms with Crippen LogP contribution in [0.15, 0.2) is 42.5 Å². The van der Waals surface area contributed by atoms with E-state index < -0.39 is 11.0 Å². The molecular formula is C16H17NO4. The number of benzene rings is 2. The maximum Gasteiger partial charge on any atom is 0.276 e. The molecule has 2 rings (SSSR count). The third kappa shape index (κ3) is 3.58. The SMILES string of the molecule is Cc1ccc(C(C)O)c(OCc2ccccc2[N+](=O)[O-])c1. The van der Waals surface area contributed by atoms with Crippen LogP contribution in [-0.2, 0) is 6.61 Å². The molecule has 0 heterocycles. The number of ether oxygens (including phenoxy) is 1. The molecule has 1 atom stereocenters. The fourth-order valence-corrected chi connectivity index (χ4v) is 2.08. The van der Waals surface area contributed by atoms with Gasteiger partial charge in [0.05, 0.1) is 16.6 Å². The zero-order valence-electron chi connectivity index (χ0n) is 11.9. The van der Waals surface area contributed by atoms with Gasteiger partial charge in [-0.2, -0.15) is 0 Å². The number of nitro benzene ring substituents is 1. The van der Waals surface area contributed by atoms with Crippen LogP contribution >= 0.6 is 0 Å². The third-order valence-electron chi connectivity index (χ3n) is 3.19. The fourth-order valence-electron chi connectivity index (χ4n) is 2.08. The summed E-state index contributed by atoms with van der Waals surface area (Å²) in [6, 6.07) is 12.0. The van der Waals surface area contributed by atoms with Crippen molar-refractivity contribution in [1.82, 2.24) is 0 Å². The van der Waals surface area contributed by atoms with E-state index >= 15 is 0 Å². The van der Waals surface area contributed by atoms with Gasteiger partial charge in [-0.15, -0.1) is 0 Å². The molecule has 0 bridgehead atoms. The molecule has 1 unspecified atom stereocenters. The predicted molar refractivity (Wildman–Crippen MR) is 79.2 cm³/mol. The van der Waals surface area contributed by atoms with Crippen LogP contribution < -0.4 is 4.74 Å². The molecule has 0 fully saturated rings. The molecule has 0 spiro atoms. The molecule has 1 N–H and O–H groups in total. The second kappa shape index (κ2) is 6.37. The molecule has 0 aliphatic rings. The van der Waals surface area contributed by atoms with E-state index in [4.69, 9.17) is 4.74 Å². The van der Waals surface area contributed by atoms with Crippen LogP contribution in [0.3, 0.4) is 0 Å². The van der Waals surface area contributed by atoms with Crippen molar-refractivity contribution in [2.24, 2.45) is 0 Å². The Balaban J connectivity index is 2.24. The van der Waals surface area contributed by atoms with Crippen LogP contribution in [0.1, 0.15) is 29.7 Å². The topological polar surface area (TPSA) is 72.6 Å². The molecule has 21 heavy (non-hydrogen) atoms. The molecule has 2 aromatic rings. The lowest BCUT2D eigenvalue weighted by atomic mass is 10.1. The molecule has 110 valence electrons. The van der Waals surface area contributed by atoms with E-state index in [1.807, 2.05) is 19.1 Å². The van der Waals surface area contributed by atoms with Crippen LogP contribution in [0.4, 0.5) is 5.69 Å². The normalized spacial score (nSPS) is 12.0. The first kappa shape index (κ1) is 15.0. The molecule has 0 aromatic heterocycles. The number of aliphatic hydroxyl groups excluding tert-OH is 1. The van der Waals surface area contributed by atoms with Crippen molar-refractivity contribution in [1.29, 1.82) is 0 Å². The Kier molecular flexibility index (Phi) is 4.55. The number of nitrogens with zero attached hydrogens (tertiary/aromatic N) is 1. The summed E-state index contributed by atoms with van der Waals surface area (Å²) in [4.78, 5) is 10.5. The lowest BCUT2D eigenvalue weighted by molar-refractivity contribution is -0.385. The molecule has 5 heteroatoms. The average molecular weight is 287 g/mol. The molecule has 0 amide bonds. The Hall–Kier alpha value is -2.40. The van der Waals surface area contributed by atoms with Gasteiger partial charge in [-0.3, -0.25) is 10.1 Å². The van der Waals surface area contributed by atoms with Gasteiger partial charge in [0, 0.05) is 11.6 Å². The minimum atomic E-state index is -0.661. The van der Waals surface area contributed by atoms with Gasteiger partial charge in [0.25, 0.3) is 5.69 Å². The Morgan fingerprint density at radius 3 is 2.67 bits per heavy atom. The highest BCUT2D eigenvalue weighted by Crippen LogP contribution is 2.28. The third-order valence-corrected chi connectivity index (χ3v) is 3.19. The number of para-hydroxylation sites is 1. The summed E-state index contributed by atoms with van der Waals surface area (Å²) in [5.74, 6) is 0.545. The van der Waals surface area contributed by atoms with Crippen LogP contribution in [-0.4, -0.2) is 10.0 Å². The Labute approximate surface area is 123 Å². The maximum absolute atomic E-state index is 11.0. The van der Waals surface area contributed by atoms with Gasteiger partial charge in [0.15, 0.2) is 0 Å². The molecule has 0 saturated carbocycles. The van der Waals surface area contributed by atoms with E-state index in [1.54, 1.807) is 31.2 Å². The monoisotopic (exact) mass is 287 g/mol. The molecule has 0 saturated heterocycles. The highest BCUT2D eigenvalue weighted by molar-refractivity contribution is 5.41. The first-order valence-electron chi connectivity index (χ1n) is 6.62. The zero-order chi connectivity index (χ0) is 15.4. The van der Waals surface area contributed by atoms with E-state index in [0.29, 0.717) is 16.9 Å². The molecular weight excluding hydrogens is 270 g/mol. The Morgan fingerprint density at radius 1 is 1.29 bits per heavy atom. The summed E-state index contributed by atoms with van der Waals surface area (Å²) < 4.78 is 5.69. The van der Waals surface area contributed by atoms with Gasteiger partial charge in [-0.05, 0) is 31.5 Å². The summed E-state index contributed by atoms with van der Waals surface area (Å²) in [5, 5.41) is 20.7. The van der Waals surface area contributed by atoms with E-state index in [-0.39, 0.29) is 12.3 Å². The number of nitro groups is 1. The van der Waals surface area contributed by atoms with Gasteiger partial charge >= 0.3 is 0 Å². The van der Waals surface area contributed by atoms with Gasteiger partial charge in [0.2, 0.25) is 0 Å². The van der Waals surface area contributed by atoms with Crippen molar-refractivity contribution in [3.63, 3.8) is 0 Å². The van der Waals surface area contributed by atoms with Crippen molar-refractivity contribution in [2.45, 2.75) is 26.6 Å². The number of rotatable bonds is 5. The van der Waals surface area contributed by atoms with Gasteiger partial charge in [-0.1, -0.05) is 24.3 Å². The van der Waals surface area contributed by atoms with Crippen molar-refractivity contribution in [3.8, 4) is 5.75 Å². The summed E-state index contributed by atoms with van der Waals surface area (Å²) in [6.07, 6.45) is -0.661. The number of aliphatic hydroxyl groups is 1. The van der Waals surface area contributed by atoms with Crippen LogP contribution in [0.5, 0.6) is 5.75 Å². The van der Waals surface area contributed by atoms with Crippen molar-refractivity contribution in [3.05, 3.63) is 69.3 Å². The van der Waals surface area contributed by atoms with E-state index in [0.717, 1.165) is 5.56 Å². The molecule has 2 aromatic carbocycles. The largest absolute Gasteiger partial charge is 0.488 e. The number of aryl methyl sites for hydroxylation is 1. The van der Waals surface area contributed by atoms with Crippen molar-refractivity contribution in [2.75, 3.05) is 0 Å². The first-order valence-corrected chi connectivity index (χ1v) is 6.62. The molecule has 0 aliphatic heterocycles. The molecule has 0 radical (unpaired) electrons. The summed E-state index contributed by atoms with van der Waals surface area (Å²) >= 11 is 0. The van der Waals surface area contributed by atoms with Crippen molar-refractivity contribution < 1.29 is 14.8 Å². The van der Waals surface area contributed by atoms with E-state index in [9.17, 15) is 15.2 Å². The van der Waals surface area contributed by atoms with Crippen molar-refractivity contribution >= 4 is 5.69 Å². The lowest BCUT2D eigenvalue weighted by Gasteiger charge is -2.14. The Bertz CT molecular complexity index is 652. The highest BCUT2D eigenvalue weighted by atomic mass is 16.6. The Morgan fingerprint density at radius 2 is 2.00 bits per heavy atom. The molecule has 5 nitrogen and oxygen atoms in total. The summed E-state index contributed by atoms with van der Waals surface area (Å²) in [5.41, 5.74) is 2.19. The minimum Gasteiger partial charge on any atom is -0.488 e. The standard InChI is InChI=1S/C16H17NO4/c1-11-7-8-14(12(2)18)16(9-11)21-10-13-5-3-4-6-15(13)17(19)20/h3-9,12,18H,10H2,1-2H3. The average Bonchev–Trinajstić information content (AvgIpc) is 2.45. The van der Waals surface area contributed by atoms with Gasteiger partial charge < -0.3 is 9.84 Å². The number of hydrogen-bond acceptors (Lipinski definition) is 4. The lowest BCUT2D eigenvalue weighted by Crippen LogP contribution is -2.03. The first-order chi connectivity index (χ1) is 9.99. The zero-order valence-corrected chi connectivity index (χ0v) is 11.9. The number of hydrogen-bond donors (Lipinski definition) is 1. The van der Waals surface area contributed by atoms with E-state index in [2.05, 4.69) is 0 Å². The van der Waals surface area contributed by atoms with Gasteiger partial charge in [0.1, 0.15) is 12.4 Å². The van der Waals surface area contributed by atoms with Crippen LogP contribution in [0.25, 0.3) is 0 Å². The minimum absolute atomic E-state index is 0.0313. The second-order valence-electron chi connectivity index (χ2n) is 4.89. The molecule has 0 aliphatic carbocycles. The predicted octanol–water partition coefficient (Wildman–Crippen LogP) is 3.54. The summed E-state index contributed by atoms with van der Waals surface area (Å²) in [7, 11) is 0. The second-order valence-corrected chi connectivity index (χ2v) is 4.89. The quantitative estimate of drug-likeness (QED) is 0.674.